The van der Waals surface area contributed by atoms with Gasteiger partial charge >= 0.3 is 21.1 Å². The maximum Gasteiger partial charge on any atom is 2.00 e. The van der Waals surface area contributed by atoms with Gasteiger partial charge in [0.15, 0.2) is 0 Å². The molecule has 0 saturated heterocycles. The van der Waals surface area contributed by atoms with Gasteiger partial charge in [-0.15, -0.1) is 16.6 Å². The van der Waals surface area contributed by atoms with Gasteiger partial charge in [-0.1, -0.05) is 108 Å². The minimum atomic E-state index is 0. The minimum Gasteiger partial charge on any atom is -0.657 e. The molecule has 0 fully saturated rings. The fourth-order valence-electron chi connectivity index (χ4n) is 7.89. The van der Waals surface area contributed by atoms with Gasteiger partial charge in [0, 0.05) is 23.6 Å². The summed E-state index contributed by atoms with van der Waals surface area (Å²) < 4.78 is 0. The predicted molar refractivity (Wildman–Crippen MR) is 197 cm³/mol. The fourth-order valence-corrected chi connectivity index (χ4v) is 7.89. The van der Waals surface area contributed by atoms with Crippen molar-refractivity contribution in [2.75, 3.05) is 0 Å². The Morgan fingerprint density at radius 3 is 1.64 bits per heavy atom. The third-order valence-corrected chi connectivity index (χ3v) is 10.0. The van der Waals surface area contributed by atoms with Crippen LogP contribution in [0.15, 0.2) is 48.5 Å². The van der Waals surface area contributed by atoms with E-state index in [9.17, 15) is 0 Å². The molecule has 4 aromatic rings. The van der Waals surface area contributed by atoms with Crippen molar-refractivity contribution in [2.45, 2.75) is 107 Å². The van der Waals surface area contributed by atoms with Crippen LogP contribution in [0.3, 0.4) is 0 Å². The Bertz CT molecular complexity index is 1900. The zero-order valence-corrected chi connectivity index (χ0v) is 31.7. The SMILES string of the molecule is CCC1=C(CC)c2cc3[n-]c(c(CC)c3CC)c(-c3ccccc3)c3[n-]c(c[c+]4[n-]c(cc1n2)C(CC)=C4CC)c(CC)c3CC.[Pt+2]. The van der Waals surface area contributed by atoms with Crippen LogP contribution in [0.25, 0.3) is 55.5 Å². The van der Waals surface area contributed by atoms with E-state index < -0.39 is 0 Å². The quantitative estimate of drug-likeness (QED) is 0.158. The molecule has 2 aliphatic heterocycles. The molecule has 3 aromatic heterocycles. The normalized spacial score (nSPS) is 13.0. The average Bonchev–Trinajstić information content (AvgIpc) is 3.80. The first kappa shape index (κ1) is 34.8. The number of hydrogen-bond donors (Lipinski definition) is 0. The molecule has 0 saturated carbocycles. The van der Waals surface area contributed by atoms with Crippen LogP contribution in [-0.2, 0) is 46.7 Å². The van der Waals surface area contributed by atoms with E-state index in [1.165, 1.54) is 44.5 Å². The van der Waals surface area contributed by atoms with Crippen molar-refractivity contribution in [2.24, 2.45) is 0 Å². The first-order valence-corrected chi connectivity index (χ1v) is 17.7. The van der Waals surface area contributed by atoms with Crippen LogP contribution in [0, 0.1) is 0 Å². The molecule has 0 amide bonds. The summed E-state index contributed by atoms with van der Waals surface area (Å²) in [5.74, 6) is 0. The zero-order valence-electron chi connectivity index (χ0n) is 29.4. The van der Waals surface area contributed by atoms with Gasteiger partial charge in [0.25, 0.3) is 0 Å². The number of benzene rings is 1. The molecule has 5 heterocycles. The molecule has 246 valence electrons. The fraction of sp³-hybridized carbons (Fsp3) is 0.381. The van der Waals surface area contributed by atoms with Crippen LogP contribution >= 0.6 is 0 Å². The Morgan fingerprint density at radius 1 is 0.574 bits per heavy atom. The number of fused-ring (bicyclic) bond motifs is 8. The van der Waals surface area contributed by atoms with E-state index in [0.717, 1.165) is 107 Å². The van der Waals surface area contributed by atoms with Crippen molar-refractivity contribution < 1.29 is 21.1 Å². The second kappa shape index (κ2) is 14.7. The summed E-state index contributed by atoms with van der Waals surface area (Å²) in [7, 11) is 0. The maximum absolute atomic E-state index is 5.53. The molecule has 4 nitrogen and oxygen atoms in total. The molecule has 0 spiro atoms. The number of aromatic nitrogens is 4. The van der Waals surface area contributed by atoms with E-state index in [4.69, 9.17) is 19.9 Å². The molecule has 0 N–H and O–H groups in total. The van der Waals surface area contributed by atoms with Crippen molar-refractivity contribution in [1.82, 2.24) is 19.9 Å². The average molecular weight is 804 g/mol. The standard InChI is InChI=1S/C42H48N4.Pt/c1-9-26-28(11-3)36-23-38-30(13-5)32(15-7)41(45-38)40(25-20-18-17-19-21-25)42-33(16-8)31(14-6)39(46-42)24-37-29(12-4)27(10-2)35(44-37)22-34(26)43-36;/h17-24H,9-16H2,1-8H3;/q-2;+2. The molecule has 2 aliphatic rings. The van der Waals surface area contributed by atoms with Crippen LogP contribution in [0.5, 0.6) is 0 Å². The largest absolute Gasteiger partial charge is 2.00 e. The molecule has 0 atom stereocenters. The molecule has 0 aliphatic carbocycles. The Kier molecular flexibility index (Phi) is 10.9. The number of hydrogen-bond acceptors (Lipinski definition) is 1. The van der Waals surface area contributed by atoms with Gasteiger partial charge in [-0.25, -0.2) is 4.98 Å². The number of rotatable bonds is 9. The number of aryl methyl sites for hydroxylation is 4. The Balaban J connectivity index is 0.00000433. The van der Waals surface area contributed by atoms with Crippen LogP contribution in [0.2, 0.25) is 0 Å². The second-order valence-electron chi connectivity index (χ2n) is 12.3. The van der Waals surface area contributed by atoms with Gasteiger partial charge < -0.3 is 15.0 Å². The monoisotopic (exact) mass is 803 g/mol. The smallest absolute Gasteiger partial charge is 0.657 e. The van der Waals surface area contributed by atoms with Crippen molar-refractivity contribution in [1.29, 1.82) is 0 Å². The van der Waals surface area contributed by atoms with Gasteiger partial charge in [-0.05, 0) is 95.8 Å². The third kappa shape index (κ3) is 5.92. The van der Waals surface area contributed by atoms with Crippen LogP contribution in [-0.4, -0.2) is 4.98 Å². The topological polar surface area (TPSA) is 55.2 Å². The van der Waals surface area contributed by atoms with Gasteiger partial charge in [-0.2, -0.15) is 0 Å². The van der Waals surface area contributed by atoms with Gasteiger partial charge in [0.05, 0.1) is 11.4 Å². The van der Waals surface area contributed by atoms with E-state index in [-0.39, 0.29) is 21.1 Å². The van der Waals surface area contributed by atoms with Crippen molar-refractivity contribution >= 4 is 44.4 Å². The zero-order chi connectivity index (χ0) is 32.5. The summed E-state index contributed by atoms with van der Waals surface area (Å²) in [4.78, 5) is 21.7. The van der Waals surface area contributed by atoms with E-state index in [2.05, 4.69) is 104 Å². The van der Waals surface area contributed by atoms with Crippen LogP contribution in [0.1, 0.15) is 126 Å². The molecule has 1 aromatic carbocycles. The summed E-state index contributed by atoms with van der Waals surface area (Å²) in [6.07, 6.45) is 7.38. The van der Waals surface area contributed by atoms with E-state index in [1.54, 1.807) is 0 Å². The second-order valence-corrected chi connectivity index (χ2v) is 12.3. The summed E-state index contributed by atoms with van der Waals surface area (Å²) >= 11 is 0. The molecule has 6 rings (SSSR count). The summed E-state index contributed by atoms with van der Waals surface area (Å²) in [6, 6.07) is 17.6. The Morgan fingerprint density at radius 2 is 1.11 bits per heavy atom. The number of allylic oxidation sites excluding steroid dienone is 4. The van der Waals surface area contributed by atoms with E-state index >= 15 is 0 Å². The predicted octanol–water partition coefficient (Wildman–Crippen LogP) is 10.8. The van der Waals surface area contributed by atoms with E-state index in [0.29, 0.717) is 0 Å². The third-order valence-electron chi connectivity index (χ3n) is 10.0. The number of nitrogens with zero attached hydrogens (tertiary/aromatic N) is 4. The molecule has 47 heavy (non-hydrogen) atoms. The first-order chi connectivity index (χ1) is 22.5. The Hall–Kier alpha value is -3.49. The van der Waals surface area contributed by atoms with Gasteiger partial charge in [-0.3, -0.25) is 0 Å². The molecule has 0 unspecified atom stereocenters. The van der Waals surface area contributed by atoms with Crippen LogP contribution in [0.4, 0.5) is 0 Å². The van der Waals surface area contributed by atoms with Crippen molar-refractivity contribution in [3.05, 3.63) is 93.6 Å². The Labute approximate surface area is 295 Å². The maximum atomic E-state index is 5.53. The summed E-state index contributed by atoms with van der Waals surface area (Å²) in [5, 5.41) is 0. The van der Waals surface area contributed by atoms with Gasteiger partial charge in [0.1, 0.15) is 0 Å². The van der Waals surface area contributed by atoms with Gasteiger partial charge in [0.2, 0.25) is 0 Å². The molecular weight excluding hydrogens is 756 g/mol. The molecule has 5 heteroatoms. The first-order valence-electron chi connectivity index (χ1n) is 17.7. The minimum absolute atomic E-state index is 0. The summed E-state index contributed by atoms with van der Waals surface area (Å²) in [6.45, 7) is 18.0. The molecule has 0 radical (unpaired) electrons. The molecule has 8 bridgehead atoms. The van der Waals surface area contributed by atoms with Crippen LogP contribution < -0.4 is 15.0 Å². The summed E-state index contributed by atoms with van der Waals surface area (Å²) in [5.41, 5.74) is 21.3. The van der Waals surface area contributed by atoms with Crippen molar-refractivity contribution in [3.63, 3.8) is 0 Å². The molecular formula is C42H48N4Pt. The van der Waals surface area contributed by atoms with E-state index in [1.807, 2.05) is 0 Å². The van der Waals surface area contributed by atoms with Crippen molar-refractivity contribution in [3.8, 4) is 11.1 Å².